The van der Waals surface area contributed by atoms with Crippen molar-refractivity contribution in [2.24, 2.45) is 0 Å². The molecule has 0 unspecified atom stereocenters. The predicted octanol–water partition coefficient (Wildman–Crippen LogP) is 5.75. The van der Waals surface area contributed by atoms with Gasteiger partial charge in [0.05, 0.1) is 8.95 Å². The van der Waals surface area contributed by atoms with Gasteiger partial charge in [-0.05, 0) is 71.9 Å². The van der Waals surface area contributed by atoms with Crippen molar-refractivity contribution in [3.05, 3.63) is 49.0 Å². The SMILES string of the molecule is BrCc1cc(Br)c(OCc2ccsc2)c(Br)c1. The smallest absolute Gasteiger partial charge is 0.148 e. The molecule has 0 fully saturated rings. The summed E-state index contributed by atoms with van der Waals surface area (Å²) in [7, 11) is 0. The van der Waals surface area contributed by atoms with E-state index in [9.17, 15) is 0 Å². The van der Waals surface area contributed by atoms with Crippen molar-refractivity contribution in [3.63, 3.8) is 0 Å². The molecule has 2 rings (SSSR count). The number of ether oxygens (including phenoxy) is 1. The Bertz CT molecular complexity index is 473. The minimum atomic E-state index is 0.592. The first-order valence-electron chi connectivity index (χ1n) is 4.88. The van der Waals surface area contributed by atoms with Crippen LogP contribution in [-0.2, 0) is 11.9 Å². The average Bonchev–Trinajstić information content (AvgIpc) is 2.80. The van der Waals surface area contributed by atoms with Crippen LogP contribution in [0.2, 0.25) is 0 Å². The molecular formula is C12H9Br3OS. The van der Waals surface area contributed by atoms with Gasteiger partial charge in [-0.3, -0.25) is 0 Å². The summed E-state index contributed by atoms with van der Waals surface area (Å²) in [5.41, 5.74) is 2.39. The molecule has 1 aromatic carbocycles. The molecular weight excluding hydrogens is 432 g/mol. The molecule has 1 aromatic heterocycles. The van der Waals surface area contributed by atoms with E-state index in [1.54, 1.807) is 11.3 Å². The Morgan fingerprint density at radius 1 is 1.12 bits per heavy atom. The van der Waals surface area contributed by atoms with Gasteiger partial charge in [0.2, 0.25) is 0 Å². The van der Waals surface area contributed by atoms with Crippen LogP contribution in [0.25, 0.3) is 0 Å². The van der Waals surface area contributed by atoms with Crippen molar-refractivity contribution in [2.45, 2.75) is 11.9 Å². The van der Waals surface area contributed by atoms with Gasteiger partial charge in [0.15, 0.2) is 0 Å². The normalized spacial score (nSPS) is 10.5. The van der Waals surface area contributed by atoms with Gasteiger partial charge in [-0.15, -0.1) is 0 Å². The lowest BCUT2D eigenvalue weighted by atomic mass is 10.2. The van der Waals surface area contributed by atoms with Crippen LogP contribution in [0, 0.1) is 0 Å². The monoisotopic (exact) mass is 438 g/mol. The Morgan fingerprint density at radius 3 is 2.35 bits per heavy atom. The van der Waals surface area contributed by atoms with E-state index >= 15 is 0 Å². The Balaban J connectivity index is 2.15. The van der Waals surface area contributed by atoms with E-state index < -0.39 is 0 Å². The van der Waals surface area contributed by atoms with Crippen LogP contribution in [0.3, 0.4) is 0 Å². The lowest BCUT2D eigenvalue weighted by molar-refractivity contribution is 0.302. The summed E-state index contributed by atoms with van der Waals surface area (Å²) in [5, 5.41) is 4.97. The fraction of sp³-hybridized carbons (Fsp3) is 0.167. The highest BCUT2D eigenvalue weighted by molar-refractivity contribution is 9.11. The third kappa shape index (κ3) is 3.56. The number of hydrogen-bond donors (Lipinski definition) is 0. The van der Waals surface area contributed by atoms with Gasteiger partial charge in [-0.25, -0.2) is 0 Å². The summed E-state index contributed by atoms with van der Waals surface area (Å²) in [5.74, 6) is 0.848. The maximum absolute atomic E-state index is 5.81. The maximum Gasteiger partial charge on any atom is 0.148 e. The van der Waals surface area contributed by atoms with Crippen LogP contribution in [0.4, 0.5) is 0 Å². The molecule has 2 aromatic rings. The fourth-order valence-electron chi connectivity index (χ4n) is 1.36. The zero-order chi connectivity index (χ0) is 12.3. The zero-order valence-corrected chi connectivity index (χ0v) is 14.3. The van der Waals surface area contributed by atoms with E-state index in [0.717, 1.165) is 20.0 Å². The molecule has 1 heterocycles. The topological polar surface area (TPSA) is 9.23 Å². The van der Waals surface area contributed by atoms with E-state index in [1.165, 1.54) is 11.1 Å². The summed E-state index contributed by atoms with van der Waals surface area (Å²) in [6.45, 7) is 0.592. The van der Waals surface area contributed by atoms with Gasteiger partial charge in [0.1, 0.15) is 12.4 Å². The number of hydrogen-bond acceptors (Lipinski definition) is 2. The highest BCUT2D eigenvalue weighted by Gasteiger charge is 2.09. The minimum absolute atomic E-state index is 0.592. The quantitative estimate of drug-likeness (QED) is 0.550. The van der Waals surface area contributed by atoms with Gasteiger partial charge >= 0.3 is 0 Å². The summed E-state index contributed by atoms with van der Waals surface area (Å²) in [6.07, 6.45) is 0. The summed E-state index contributed by atoms with van der Waals surface area (Å²) in [4.78, 5) is 0. The standard InChI is InChI=1S/C12H9Br3OS/c13-5-9-3-10(14)12(11(15)4-9)16-6-8-1-2-17-7-8/h1-4,7H,5-6H2. The Kier molecular flexibility index (Phi) is 5.09. The molecule has 0 amide bonds. The van der Waals surface area contributed by atoms with Crippen LogP contribution in [0.5, 0.6) is 5.75 Å². The van der Waals surface area contributed by atoms with Crippen LogP contribution in [0.1, 0.15) is 11.1 Å². The van der Waals surface area contributed by atoms with Crippen molar-refractivity contribution in [1.82, 2.24) is 0 Å². The molecule has 0 aliphatic carbocycles. The van der Waals surface area contributed by atoms with Gasteiger partial charge in [-0.2, -0.15) is 11.3 Å². The first-order chi connectivity index (χ1) is 8.20. The van der Waals surface area contributed by atoms with Gasteiger partial charge < -0.3 is 4.74 Å². The number of rotatable bonds is 4. The Morgan fingerprint density at radius 2 is 1.82 bits per heavy atom. The van der Waals surface area contributed by atoms with E-state index in [0.29, 0.717) is 6.61 Å². The van der Waals surface area contributed by atoms with E-state index in [-0.39, 0.29) is 0 Å². The number of thiophene rings is 1. The van der Waals surface area contributed by atoms with Crippen molar-refractivity contribution >= 4 is 59.1 Å². The molecule has 0 saturated carbocycles. The summed E-state index contributed by atoms with van der Waals surface area (Å²) in [6, 6.07) is 6.18. The first kappa shape index (κ1) is 13.6. The highest BCUT2D eigenvalue weighted by Crippen LogP contribution is 2.35. The number of benzene rings is 1. The number of halogens is 3. The van der Waals surface area contributed by atoms with E-state index in [1.807, 2.05) is 0 Å². The highest BCUT2D eigenvalue weighted by atomic mass is 79.9. The molecule has 0 N–H and O–H groups in total. The molecule has 0 bridgehead atoms. The summed E-state index contributed by atoms with van der Waals surface area (Å²) < 4.78 is 7.75. The summed E-state index contributed by atoms with van der Waals surface area (Å²) >= 11 is 12.2. The van der Waals surface area contributed by atoms with Crippen molar-refractivity contribution in [1.29, 1.82) is 0 Å². The second-order valence-corrected chi connectivity index (χ2v) is 6.49. The van der Waals surface area contributed by atoms with E-state index in [2.05, 4.69) is 76.7 Å². The molecule has 0 aliphatic heterocycles. The number of alkyl halides is 1. The third-order valence-electron chi connectivity index (χ3n) is 2.18. The Hall–Kier alpha value is 0.160. The Labute approximate surface area is 130 Å². The first-order valence-corrected chi connectivity index (χ1v) is 8.53. The lowest BCUT2D eigenvalue weighted by Crippen LogP contribution is -1.96. The second-order valence-electron chi connectivity index (χ2n) is 3.44. The average molecular weight is 441 g/mol. The van der Waals surface area contributed by atoms with E-state index in [4.69, 9.17) is 4.74 Å². The lowest BCUT2D eigenvalue weighted by Gasteiger charge is -2.11. The van der Waals surface area contributed by atoms with Crippen LogP contribution in [0.15, 0.2) is 37.9 Å². The fourth-order valence-corrected chi connectivity index (χ4v) is 3.84. The molecule has 17 heavy (non-hydrogen) atoms. The van der Waals surface area contributed by atoms with Crippen molar-refractivity contribution < 1.29 is 4.74 Å². The van der Waals surface area contributed by atoms with Gasteiger partial charge in [0.25, 0.3) is 0 Å². The zero-order valence-electron chi connectivity index (χ0n) is 8.75. The third-order valence-corrected chi connectivity index (χ3v) is 4.73. The molecule has 0 aliphatic rings. The molecule has 90 valence electrons. The molecule has 0 saturated heterocycles. The molecule has 5 heteroatoms. The van der Waals surface area contributed by atoms with Crippen LogP contribution < -0.4 is 4.74 Å². The van der Waals surface area contributed by atoms with Crippen molar-refractivity contribution in [2.75, 3.05) is 0 Å². The molecule has 0 radical (unpaired) electrons. The van der Waals surface area contributed by atoms with Crippen LogP contribution >= 0.6 is 59.1 Å². The minimum Gasteiger partial charge on any atom is -0.487 e. The molecule has 1 nitrogen and oxygen atoms in total. The van der Waals surface area contributed by atoms with Gasteiger partial charge in [0, 0.05) is 5.33 Å². The largest absolute Gasteiger partial charge is 0.487 e. The van der Waals surface area contributed by atoms with Gasteiger partial charge in [-0.1, -0.05) is 15.9 Å². The second kappa shape index (κ2) is 6.36. The molecule has 0 atom stereocenters. The predicted molar refractivity (Wildman–Crippen MR) is 83.1 cm³/mol. The maximum atomic E-state index is 5.81. The van der Waals surface area contributed by atoms with Crippen molar-refractivity contribution in [3.8, 4) is 5.75 Å². The van der Waals surface area contributed by atoms with Crippen LogP contribution in [-0.4, -0.2) is 0 Å². The molecule has 0 spiro atoms.